The van der Waals surface area contributed by atoms with Gasteiger partial charge in [0, 0.05) is 0 Å². The number of alkyl carbamates (subject to hydrolysis) is 1. The van der Waals surface area contributed by atoms with E-state index in [1.54, 1.807) is 30.3 Å². The zero-order valence-electron chi connectivity index (χ0n) is 13.3. The Morgan fingerprint density at radius 2 is 1.80 bits per heavy atom. The summed E-state index contributed by atoms with van der Waals surface area (Å²) in [6.07, 6.45) is -4.60. The topological polar surface area (TPSA) is 163 Å². The Labute approximate surface area is 143 Å². The van der Waals surface area contributed by atoms with E-state index < -0.39 is 44.6 Å². The predicted molar refractivity (Wildman–Crippen MR) is 84.2 cm³/mol. The van der Waals surface area contributed by atoms with E-state index in [1.807, 2.05) is 0 Å². The van der Waals surface area contributed by atoms with Crippen molar-refractivity contribution in [2.45, 2.75) is 31.8 Å². The number of ether oxygens (including phenoxy) is 1. The first-order valence-electron chi connectivity index (χ1n) is 7.16. The van der Waals surface area contributed by atoms with Gasteiger partial charge in [0.15, 0.2) is 5.78 Å². The number of carbonyl (C=O) groups excluding carboxylic acids is 2. The first-order chi connectivity index (χ1) is 11.6. The molecule has 0 aliphatic carbocycles. The number of Topliss-reactive ketones (excluding diaryl/α,β-unsaturated/α-hetero) is 1. The minimum absolute atomic E-state index is 0.00685. The van der Waals surface area contributed by atoms with E-state index in [2.05, 4.69) is 9.84 Å². The molecule has 0 aliphatic heterocycles. The number of phosphoric acid groups is 1. The highest BCUT2D eigenvalue weighted by atomic mass is 31.2. The number of aliphatic hydroxyl groups excluding tert-OH is 2. The minimum Gasteiger partial charge on any atom is -0.445 e. The van der Waals surface area contributed by atoms with Gasteiger partial charge in [-0.2, -0.15) is 0 Å². The van der Waals surface area contributed by atoms with Crippen molar-refractivity contribution in [3.05, 3.63) is 35.9 Å². The fourth-order valence-electron chi connectivity index (χ4n) is 1.73. The molecule has 1 aromatic carbocycles. The van der Waals surface area contributed by atoms with Crippen LogP contribution in [0.4, 0.5) is 4.79 Å². The highest BCUT2D eigenvalue weighted by molar-refractivity contribution is 7.46. The van der Waals surface area contributed by atoms with Crippen molar-refractivity contribution in [2.75, 3.05) is 6.61 Å². The van der Waals surface area contributed by atoms with Gasteiger partial charge in [0.05, 0.1) is 6.04 Å². The van der Waals surface area contributed by atoms with Gasteiger partial charge < -0.3 is 30.1 Å². The Morgan fingerprint density at radius 1 is 1.20 bits per heavy atom. The third-order valence-corrected chi connectivity index (χ3v) is 3.56. The molecule has 0 saturated carbocycles. The molecule has 1 rings (SSSR count). The smallest absolute Gasteiger partial charge is 0.445 e. The van der Waals surface area contributed by atoms with Crippen LogP contribution < -0.4 is 5.32 Å². The Bertz CT molecular complexity index is 618. The van der Waals surface area contributed by atoms with E-state index in [0.29, 0.717) is 0 Å². The molecule has 140 valence electrons. The highest BCUT2D eigenvalue weighted by Gasteiger charge is 2.31. The van der Waals surface area contributed by atoms with E-state index in [0.717, 1.165) is 5.56 Å². The molecule has 11 heteroatoms. The summed E-state index contributed by atoms with van der Waals surface area (Å²) < 4.78 is 19.4. The Hall–Kier alpha value is -1.81. The van der Waals surface area contributed by atoms with Crippen molar-refractivity contribution in [2.24, 2.45) is 0 Å². The molecule has 1 amide bonds. The van der Waals surface area contributed by atoms with E-state index >= 15 is 0 Å². The maximum absolute atomic E-state index is 11.6. The number of nitrogens with one attached hydrogen (secondary N) is 1. The van der Waals surface area contributed by atoms with Gasteiger partial charge in [-0.1, -0.05) is 30.3 Å². The molecule has 0 aromatic heterocycles. The van der Waals surface area contributed by atoms with E-state index in [4.69, 9.17) is 14.5 Å². The van der Waals surface area contributed by atoms with Gasteiger partial charge in [0.25, 0.3) is 0 Å². The third kappa shape index (κ3) is 8.21. The van der Waals surface area contributed by atoms with Gasteiger partial charge >= 0.3 is 13.9 Å². The zero-order valence-corrected chi connectivity index (χ0v) is 14.2. The number of amides is 1. The van der Waals surface area contributed by atoms with E-state index in [-0.39, 0.29) is 6.61 Å². The number of aliphatic hydroxyl groups is 2. The number of phosphoric ester groups is 1. The van der Waals surface area contributed by atoms with Crippen LogP contribution in [0.15, 0.2) is 30.3 Å². The molecule has 0 fully saturated rings. The monoisotopic (exact) mass is 377 g/mol. The lowest BCUT2D eigenvalue weighted by atomic mass is 10.0. The third-order valence-electron chi connectivity index (χ3n) is 3.10. The van der Waals surface area contributed by atoms with Crippen LogP contribution >= 0.6 is 7.82 Å². The number of hydrogen-bond donors (Lipinski definition) is 5. The molecule has 25 heavy (non-hydrogen) atoms. The summed E-state index contributed by atoms with van der Waals surface area (Å²) in [4.78, 5) is 40.1. The number of hydrogen-bond acceptors (Lipinski definition) is 7. The van der Waals surface area contributed by atoms with Crippen LogP contribution in [0.25, 0.3) is 0 Å². The van der Waals surface area contributed by atoms with Crippen molar-refractivity contribution >= 4 is 19.7 Å². The van der Waals surface area contributed by atoms with Crippen molar-refractivity contribution < 1.29 is 43.4 Å². The fraction of sp³-hybridized carbons (Fsp3) is 0.429. The number of rotatable bonds is 9. The largest absolute Gasteiger partial charge is 0.470 e. The molecule has 3 atom stereocenters. The highest BCUT2D eigenvalue weighted by Crippen LogP contribution is 2.35. The molecule has 10 nitrogen and oxygen atoms in total. The molecule has 0 heterocycles. The quantitative estimate of drug-likeness (QED) is 0.364. The van der Waals surface area contributed by atoms with E-state index in [9.17, 15) is 24.4 Å². The van der Waals surface area contributed by atoms with Crippen LogP contribution in [0, 0.1) is 0 Å². The van der Waals surface area contributed by atoms with Crippen LogP contribution in [0.3, 0.4) is 0 Å². The van der Waals surface area contributed by atoms with Gasteiger partial charge in [-0.15, -0.1) is 0 Å². The lowest BCUT2D eigenvalue weighted by molar-refractivity contribution is -0.136. The van der Waals surface area contributed by atoms with Gasteiger partial charge in [0.1, 0.15) is 25.4 Å². The van der Waals surface area contributed by atoms with E-state index in [1.165, 1.54) is 6.92 Å². The lowest BCUT2D eigenvalue weighted by Crippen LogP contribution is -2.50. The summed E-state index contributed by atoms with van der Waals surface area (Å²) in [5.74, 6) is -1.15. The first-order valence-corrected chi connectivity index (χ1v) is 8.69. The second kappa shape index (κ2) is 9.62. The molecular formula is C14H20NO9P. The maximum Gasteiger partial charge on any atom is 0.470 e. The van der Waals surface area contributed by atoms with Crippen LogP contribution in [-0.2, 0) is 25.2 Å². The summed E-state index contributed by atoms with van der Waals surface area (Å²) in [6, 6.07) is 7.76. The lowest BCUT2D eigenvalue weighted by Gasteiger charge is -2.23. The summed E-state index contributed by atoms with van der Waals surface area (Å²) in [5.41, 5.74) is 0.746. The SMILES string of the molecule is C[C@H](NC(=O)OCc1ccccc1)[C@H](O)[C@@H](O)C(=O)COP(=O)(O)O. The molecular weight excluding hydrogens is 357 g/mol. The molecule has 0 bridgehead atoms. The first kappa shape index (κ1) is 21.2. The summed E-state index contributed by atoms with van der Waals surface area (Å²) >= 11 is 0. The summed E-state index contributed by atoms with van der Waals surface area (Å²) in [6.45, 7) is 0.218. The number of ketones is 1. The van der Waals surface area contributed by atoms with Crippen molar-refractivity contribution in [1.29, 1.82) is 0 Å². The van der Waals surface area contributed by atoms with Crippen molar-refractivity contribution in [3.63, 3.8) is 0 Å². The molecule has 0 radical (unpaired) electrons. The van der Waals surface area contributed by atoms with Crippen molar-refractivity contribution in [1.82, 2.24) is 5.32 Å². The van der Waals surface area contributed by atoms with Crippen LogP contribution in [0.5, 0.6) is 0 Å². The molecule has 5 N–H and O–H groups in total. The van der Waals surface area contributed by atoms with Gasteiger partial charge in [-0.05, 0) is 12.5 Å². The Balaban J connectivity index is 2.43. The average molecular weight is 377 g/mol. The van der Waals surface area contributed by atoms with Crippen LogP contribution in [-0.4, -0.2) is 56.7 Å². The van der Waals surface area contributed by atoms with Crippen LogP contribution in [0.2, 0.25) is 0 Å². The second-order valence-electron chi connectivity index (χ2n) is 5.16. The Morgan fingerprint density at radius 3 is 2.36 bits per heavy atom. The second-order valence-corrected chi connectivity index (χ2v) is 6.40. The molecule has 0 saturated heterocycles. The standard InChI is InChI=1S/C14H20NO9P/c1-9(12(17)13(18)11(16)8-24-25(20,21)22)15-14(19)23-7-10-5-3-2-4-6-10/h2-6,9,12-13,17-18H,7-8H2,1H3,(H,15,19)(H2,20,21,22)/t9-,12-,13-/m0/s1. The molecule has 0 aliphatic rings. The van der Waals surface area contributed by atoms with Gasteiger partial charge in [-0.25, -0.2) is 9.36 Å². The number of carbonyl (C=O) groups is 2. The predicted octanol–water partition coefficient (Wildman–Crippen LogP) is -0.298. The van der Waals surface area contributed by atoms with Crippen LogP contribution in [0.1, 0.15) is 12.5 Å². The van der Waals surface area contributed by atoms with Crippen molar-refractivity contribution in [3.8, 4) is 0 Å². The molecule has 0 spiro atoms. The normalized spacial score (nSPS) is 15.1. The maximum atomic E-state index is 11.6. The molecule has 0 unspecified atom stereocenters. The fourth-order valence-corrected chi connectivity index (χ4v) is 2.03. The van der Waals surface area contributed by atoms with Gasteiger partial charge in [-0.3, -0.25) is 9.32 Å². The zero-order chi connectivity index (χ0) is 19.0. The Kier molecular flexibility index (Phi) is 8.17. The average Bonchev–Trinajstić information content (AvgIpc) is 2.56. The molecule has 1 aromatic rings. The number of benzene rings is 1. The van der Waals surface area contributed by atoms with Gasteiger partial charge in [0.2, 0.25) is 0 Å². The summed E-state index contributed by atoms with van der Waals surface area (Å²) in [5, 5.41) is 21.7. The minimum atomic E-state index is -4.88. The summed E-state index contributed by atoms with van der Waals surface area (Å²) in [7, 11) is -4.88.